The van der Waals surface area contributed by atoms with Crippen LogP contribution >= 0.6 is 22.9 Å². The van der Waals surface area contributed by atoms with Gasteiger partial charge in [-0.25, -0.2) is 0 Å². The summed E-state index contributed by atoms with van der Waals surface area (Å²) in [6.45, 7) is 4.82. The second-order valence-corrected chi connectivity index (χ2v) is 6.29. The quantitative estimate of drug-likeness (QED) is 0.910. The number of hydrogen-bond acceptors (Lipinski definition) is 3. The Balaban J connectivity index is 2.07. The van der Waals surface area contributed by atoms with Crippen LogP contribution in [-0.2, 0) is 6.42 Å². The van der Waals surface area contributed by atoms with Crippen molar-refractivity contribution in [2.45, 2.75) is 26.4 Å². The topological polar surface area (TPSA) is 35.2 Å². The Kier molecular flexibility index (Phi) is 3.29. The lowest BCUT2D eigenvalue weighted by Crippen LogP contribution is -2.24. The van der Waals surface area contributed by atoms with E-state index in [1.165, 1.54) is 27.1 Å². The highest BCUT2D eigenvalue weighted by molar-refractivity contribution is 7.14. The van der Waals surface area contributed by atoms with Crippen LogP contribution in [0.15, 0.2) is 17.5 Å². The molecule has 4 heteroatoms. The number of hydrogen-bond donors (Lipinski definition) is 1. The van der Waals surface area contributed by atoms with Crippen LogP contribution in [0.25, 0.3) is 10.4 Å². The molecule has 1 atom stereocenters. The highest BCUT2D eigenvalue weighted by Crippen LogP contribution is 2.41. The van der Waals surface area contributed by atoms with Gasteiger partial charge in [0.2, 0.25) is 0 Å². The van der Waals surface area contributed by atoms with E-state index in [4.69, 9.17) is 22.1 Å². The predicted octanol–water partition coefficient (Wildman–Crippen LogP) is 3.95. The standard InChI is InChI=1S/C15H16ClNOS/c1-8-7-19-15(9(8)2)11-3-10-4-12(6-17)18-14(10)13(16)5-11/h3,5,7,12H,4,6,17H2,1-2H3. The zero-order valence-electron chi connectivity index (χ0n) is 11.0. The SMILES string of the molecule is Cc1csc(-c2cc(Cl)c3c(c2)CC(CN)O3)c1C. The molecule has 2 heterocycles. The Morgan fingerprint density at radius 3 is 2.84 bits per heavy atom. The van der Waals surface area contributed by atoms with E-state index >= 15 is 0 Å². The molecule has 19 heavy (non-hydrogen) atoms. The molecule has 100 valence electrons. The molecule has 1 aromatic carbocycles. The van der Waals surface area contributed by atoms with E-state index in [1.807, 2.05) is 6.07 Å². The van der Waals surface area contributed by atoms with Crippen molar-refractivity contribution in [1.29, 1.82) is 0 Å². The van der Waals surface area contributed by atoms with Crippen LogP contribution in [0.3, 0.4) is 0 Å². The molecule has 0 amide bonds. The molecule has 3 rings (SSSR count). The summed E-state index contributed by atoms with van der Waals surface area (Å²) in [5.74, 6) is 0.812. The van der Waals surface area contributed by atoms with Crippen molar-refractivity contribution in [3.05, 3.63) is 39.2 Å². The van der Waals surface area contributed by atoms with Crippen LogP contribution in [0.5, 0.6) is 5.75 Å². The van der Waals surface area contributed by atoms with Gasteiger partial charge in [-0.05, 0) is 48.1 Å². The number of benzene rings is 1. The fourth-order valence-electron chi connectivity index (χ4n) is 2.44. The molecule has 0 bridgehead atoms. The summed E-state index contributed by atoms with van der Waals surface area (Å²) in [5.41, 5.74) is 10.7. The number of nitrogens with two attached hydrogens (primary N) is 1. The fourth-order valence-corrected chi connectivity index (χ4v) is 3.78. The van der Waals surface area contributed by atoms with Crippen molar-refractivity contribution in [3.63, 3.8) is 0 Å². The molecular weight excluding hydrogens is 278 g/mol. The summed E-state index contributed by atoms with van der Waals surface area (Å²) in [6.07, 6.45) is 0.914. The molecule has 1 unspecified atom stereocenters. The Morgan fingerprint density at radius 2 is 2.21 bits per heavy atom. The van der Waals surface area contributed by atoms with Gasteiger partial charge < -0.3 is 10.5 Å². The van der Waals surface area contributed by atoms with E-state index in [2.05, 4.69) is 25.3 Å². The first-order valence-corrected chi connectivity index (χ1v) is 7.60. The van der Waals surface area contributed by atoms with Gasteiger partial charge in [-0.15, -0.1) is 11.3 Å². The molecule has 0 aliphatic carbocycles. The van der Waals surface area contributed by atoms with E-state index in [9.17, 15) is 0 Å². The lowest BCUT2D eigenvalue weighted by Gasteiger charge is -2.08. The summed E-state index contributed by atoms with van der Waals surface area (Å²) in [6, 6.07) is 4.19. The fraction of sp³-hybridized carbons (Fsp3) is 0.333. The van der Waals surface area contributed by atoms with Crippen molar-refractivity contribution in [3.8, 4) is 16.2 Å². The molecule has 0 fully saturated rings. The Morgan fingerprint density at radius 1 is 1.42 bits per heavy atom. The highest BCUT2D eigenvalue weighted by atomic mass is 35.5. The van der Waals surface area contributed by atoms with Crippen LogP contribution in [0, 0.1) is 13.8 Å². The van der Waals surface area contributed by atoms with Gasteiger partial charge in [-0.1, -0.05) is 11.6 Å². The third-order valence-corrected chi connectivity index (χ3v) is 5.19. The van der Waals surface area contributed by atoms with E-state index in [0.29, 0.717) is 11.6 Å². The second kappa shape index (κ2) is 4.82. The summed E-state index contributed by atoms with van der Waals surface area (Å²) in [5, 5.41) is 2.87. The number of aryl methyl sites for hydroxylation is 1. The predicted molar refractivity (Wildman–Crippen MR) is 81.4 cm³/mol. The summed E-state index contributed by atoms with van der Waals surface area (Å²) in [7, 11) is 0. The van der Waals surface area contributed by atoms with Crippen molar-refractivity contribution >= 4 is 22.9 Å². The molecule has 1 aliphatic heterocycles. The molecule has 1 aromatic heterocycles. The molecule has 2 aromatic rings. The molecule has 0 saturated heterocycles. The maximum Gasteiger partial charge on any atom is 0.141 e. The van der Waals surface area contributed by atoms with E-state index in [1.54, 1.807) is 11.3 Å². The number of rotatable bonds is 2. The van der Waals surface area contributed by atoms with Crippen molar-refractivity contribution in [1.82, 2.24) is 0 Å². The van der Waals surface area contributed by atoms with Gasteiger partial charge in [0.1, 0.15) is 11.9 Å². The Bertz CT molecular complexity index is 635. The van der Waals surface area contributed by atoms with Gasteiger partial charge in [-0.2, -0.15) is 0 Å². The molecule has 0 saturated carbocycles. The first-order chi connectivity index (χ1) is 9.10. The van der Waals surface area contributed by atoms with Gasteiger partial charge >= 0.3 is 0 Å². The lowest BCUT2D eigenvalue weighted by atomic mass is 10.0. The summed E-state index contributed by atoms with van der Waals surface area (Å²) < 4.78 is 5.76. The minimum Gasteiger partial charge on any atom is -0.487 e. The van der Waals surface area contributed by atoms with Gasteiger partial charge in [0, 0.05) is 23.4 Å². The zero-order chi connectivity index (χ0) is 13.6. The van der Waals surface area contributed by atoms with E-state index in [-0.39, 0.29) is 6.10 Å². The monoisotopic (exact) mass is 293 g/mol. The third kappa shape index (κ3) is 2.16. The number of thiophene rings is 1. The zero-order valence-corrected chi connectivity index (χ0v) is 12.6. The van der Waals surface area contributed by atoms with Crippen LogP contribution in [0.4, 0.5) is 0 Å². The van der Waals surface area contributed by atoms with Crippen LogP contribution in [0.1, 0.15) is 16.7 Å². The minimum atomic E-state index is 0.0638. The Hall–Kier alpha value is -1.03. The molecule has 0 radical (unpaired) electrons. The molecule has 1 aliphatic rings. The summed E-state index contributed by atoms with van der Waals surface area (Å²) in [4.78, 5) is 1.29. The molecule has 0 spiro atoms. The lowest BCUT2D eigenvalue weighted by molar-refractivity contribution is 0.241. The maximum absolute atomic E-state index is 6.34. The second-order valence-electron chi connectivity index (χ2n) is 5.00. The van der Waals surface area contributed by atoms with Gasteiger partial charge in [-0.3, -0.25) is 0 Å². The molecule has 2 N–H and O–H groups in total. The number of halogens is 1. The largest absolute Gasteiger partial charge is 0.487 e. The first kappa shape index (κ1) is 13.0. The van der Waals surface area contributed by atoms with Crippen LogP contribution in [-0.4, -0.2) is 12.6 Å². The average Bonchev–Trinajstić information content (AvgIpc) is 2.95. The Labute approximate surface area is 122 Å². The van der Waals surface area contributed by atoms with Gasteiger partial charge in [0.15, 0.2) is 0 Å². The molecule has 2 nitrogen and oxygen atoms in total. The normalized spacial score (nSPS) is 17.4. The van der Waals surface area contributed by atoms with Gasteiger partial charge in [0.25, 0.3) is 0 Å². The smallest absolute Gasteiger partial charge is 0.141 e. The van der Waals surface area contributed by atoms with E-state index in [0.717, 1.165) is 12.2 Å². The van der Waals surface area contributed by atoms with Crippen LogP contribution in [0.2, 0.25) is 5.02 Å². The number of ether oxygens (including phenoxy) is 1. The maximum atomic E-state index is 6.34. The van der Waals surface area contributed by atoms with Crippen molar-refractivity contribution in [2.24, 2.45) is 5.73 Å². The molecular formula is C15H16ClNOS. The first-order valence-electron chi connectivity index (χ1n) is 6.34. The summed E-state index contributed by atoms with van der Waals surface area (Å²) >= 11 is 8.11. The average molecular weight is 294 g/mol. The minimum absolute atomic E-state index is 0.0638. The van der Waals surface area contributed by atoms with Crippen LogP contribution < -0.4 is 10.5 Å². The van der Waals surface area contributed by atoms with E-state index < -0.39 is 0 Å². The van der Waals surface area contributed by atoms with Gasteiger partial charge in [0.05, 0.1) is 5.02 Å². The third-order valence-electron chi connectivity index (χ3n) is 3.66. The van der Waals surface area contributed by atoms with Crippen molar-refractivity contribution in [2.75, 3.05) is 6.54 Å². The van der Waals surface area contributed by atoms with Crippen molar-refractivity contribution < 1.29 is 4.74 Å². The highest BCUT2D eigenvalue weighted by Gasteiger charge is 2.25. The number of fused-ring (bicyclic) bond motifs is 1.